The standard InChI is InChI=1S/C13H8Br4N4/c14-7-1-9(15)13(10(16)2-7)20-4-8-3-19-12-5-18-11(17)6-21(8)12/h1-3,5-6,20H,4H2. The third-order valence-corrected chi connectivity index (χ3v) is 5.01. The van der Waals surface area contributed by atoms with Crippen molar-refractivity contribution in [3.05, 3.63) is 54.4 Å². The predicted octanol–water partition coefficient (Wildman–Crippen LogP) is 5.39. The van der Waals surface area contributed by atoms with Crippen molar-refractivity contribution in [2.75, 3.05) is 5.32 Å². The number of halogens is 4. The zero-order valence-corrected chi connectivity index (χ0v) is 16.8. The van der Waals surface area contributed by atoms with Gasteiger partial charge in [0, 0.05) is 19.6 Å². The third kappa shape index (κ3) is 3.33. The highest BCUT2D eigenvalue weighted by molar-refractivity contribution is 9.11. The van der Waals surface area contributed by atoms with Gasteiger partial charge in [-0.3, -0.25) is 4.40 Å². The maximum absolute atomic E-state index is 4.34. The summed E-state index contributed by atoms with van der Waals surface area (Å²) in [6.45, 7) is 0.649. The maximum Gasteiger partial charge on any atom is 0.155 e. The Labute approximate surface area is 154 Å². The highest BCUT2D eigenvalue weighted by Gasteiger charge is 2.09. The SMILES string of the molecule is Brc1cc(Br)c(NCc2cnc3cnc(Br)cn23)c(Br)c1. The molecule has 3 aromatic rings. The second-order valence-electron chi connectivity index (χ2n) is 4.29. The molecule has 0 bridgehead atoms. The molecule has 0 amide bonds. The Hall–Kier alpha value is -0.440. The molecule has 21 heavy (non-hydrogen) atoms. The van der Waals surface area contributed by atoms with E-state index in [1.807, 2.05) is 28.9 Å². The van der Waals surface area contributed by atoms with E-state index >= 15 is 0 Å². The van der Waals surface area contributed by atoms with Gasteiger partial charge in [0.2, 0.25) is 0 Å². The number of aromatic nitrogens is 3. The molecule has 4 nitrogen and oxygen atoms in total. The Morgan fingerprint density at radius 2 is 1.71 bits per heavy atom. The van der Waals surface area contributed by atoms with Gasteiger partial charge in [-0.25, -0.2) is 9.97 Å². The highest BCUT2D eigenvalue weighted by atomic mass is 79.9. The Balaban J connectivity index is 1.89. The highest BCUT2D eigenvalue weighted by Crippen LogP contribution is 2.34. The molecular formula is C13H8Br4N4. The van der Waals surface area contributed by atoms with E-state index < -0.39 is 0 Å². The third-order valence-electron chi connectivity index (χ3n) is 2.89. The summed E-state index contributed by atoms with van der Waals surface area (Å²) in [6, 6.07) is 4.00. The quantitative estimate of drug-likeness (QED) is 0.485. The van der Waals surface area contributed by atoms with Crippen molar-refractivity contribution in [1.29, 1.82) is 0 Å². The number of benzene rings is 1. The molecule has 0 saturated carbocycles. The number of fused-ring (bicyclic) bond motifs is 1. The molecule has 1 N–H and O–H groups in total. The molecule has 0 radical (unpaired) electrons. The first-order chi connectivity index (χ1) is 10.0. The summed E-state index contributed by atoms with van der Waals surface area (Å²) in [4.78, 5) is 8.51. The summed E-state index contributed by atoms with van der Waals surface area (Å²) in [7, 11) is 0. The van der Waals surface area contributed by atoms with Crippen LogP contribution in [0.4, 0.5) is 5.69 Å². The van der Waals surface area contributed by atoms with Gasteiger partial charge in [0.15, 0.2) is 5.65 Å². The van der Waals surface area contributed by atoms with Gasteiger partial charge in [0.25, 0.3) is 0 Å². The molecule has 8 heteroatoms. The van der Waals surface area contributed by atoms with Crippen LogP contribution in [0, 0.1) is 0 Å². The van der Waals surface area contributed by atoms with E-state index in [2.05, 4.69) is 79.0 Å². The zero-order valence-electron chi connectivity index (χ0n) is 10.4. The van der Waals surface area contributed by atoms with Crippen molar-refractivity contribution >= 4 is 75.1 Å². The molecule has 0 unspecified atom stereocenters. The lowest BCUT2D eigenvalue weighted by Crippen LogP contribution is -2.04. The minimum Gasteiger partial charge on any atom is -0.378 e. The Morgan fingerprint density at radius 3 is 2.43 bits per heavy atom. The van der Waals surface area contributed by atoms with Crippen LogP contribution in [0.1, 0.15) is 5.69 Å². The van der Waals surface area contributed by atoms with Crippen molar-refractivity contribution in [1.82, 2.24) is 14.4 Å². The Bertz CT molecular complexity index is 792. The van der Waals surface area contributed by atoms with E-state index in [-0.39, 0.29) is 0 Å². The fraction of sp³-hybridized carbons (Fsp3) is 0.0769. The summed E-state index contributed by atoms with van der Waals surface area (Å²) in [6.07, 6.45) is 5.49. The summed E-state index contributed by atoms with van der Waals surface area (Å²) in [5, 5.41) is 3.41. The first-order valence-electron chi connectivity index (χ1n) is 5.90. The molecule has 0 spiro atoms. The monoisotopic (exact) mass is 536 g/mol. The molecule has 3 rings (SSSR count). The van der Waals surface area contributed by atoms with Gasteiger partial charge < -0.3 is 5.32 Å². The summed E-state index contributed by atoms with van der Waals surface area (Å²) >= 11 is 14.0. The lowest BCUT2D eigenvalue weighted by Gasteiger charge is -2.11. The van der Waals surface area contributed by atoms with Crippen LogP contribution in [-0.4, -0.2) is 14.4 Å². The number of hydrogen-bond donors (Lipinski definition) is 1. The molecule has 0 aliphatic carbocycles. The number of nitrogens with zero attached hydrogens (tertiary/aromatic N) is 3. The first-order valence-corrected chi connectivity index (χ1v) is 9.07. The van der Waals surface area contributed by atoms with Gasteiger partial charge in [-0.1, -0.05) is 15.9 Å². The van der Waals surface area contributed by atoms with Crippen LogP contribution in [0.2, 0.25) is 0 Å². The first kappa shape index (κ1) is 15.5. The molecule has 0 atom stereocenters. The van der Waals surface area contributed by atoms with E-state index in [0.29, 0.717) is 6.54 Å². The predicted molar refractivity (Wildman–Crippen MR) is 97.6 cm³/mol. The van der Waals surface area contributed by atoms with Gasteiger partial charge in [0.05, 0.1) is 30.3 Å². The minimum atomic E-state index is 0.649. The van der Waals surface area contributed by atoms with E-state index in [9.17, 15) is 0 Å². The van der Waals surface area contributed by atoms with Gasteiger partial charge in [-0.15, -0.1) is 0 Å². The van der Waals surface area contributed by atoms with Crippen molar-refractivity contribution in [2.45, 2.75) is 6.54 Å². The Morgan fingerprint density at radius 1 is 1.00 bits per heavy atom. The van der Waals surface area contributed by atoms with Crippen LogP contribution in [0.3, 0.4) is 0 Å². The van der Waals surface area contributed by atoms with Gasteiger partial charge in [-0.2, -0.15) is 0 Å². The molecule has 0 aliphatic heterocycles. The van der Waals surface area contributed by atoms with Crippen LogP contribution in [-0.2, 0) is 6.54 Å². The second-order valence-corrected chi connectivity index (χ2v) is 7.72. The Kier molecular flexibility index (Phi) is 4.68. The van der Waals surface area contributed by atoms with Crippen LogP contribution >= 0.6 is 63.7 Å². The van der Waals surface area contributed by atoms with E-state index in [1.54, 1.807) is 6.20 Å². The summed E-state index contributed by atoms with van der Waals surface area (Å²) in [5.74, 6) is 0. The normalized spacial score (nSPS) is 11.0. The van der Waals surface area contributed by atoms with Crippen LogP contribution in [0.5, 0.6) is 0 Å². The van der Waals surface area contributed by atoms with Crippen molar-refractivity contribution in [3.8, 4) is 0 Å². The lowest BCUT2D eigenvalue weighted by molar-refractivity contribution is 0.981. The smallest absolute Gasteiger partial charge is 0.155 e. The average molecular weight is 540 g/mol. The number of nitrogens with one attached hydrogen (secondary N) is 1. The summed E-state index contributed by atoms with van der Waals surface area (Å²) in [5.41, 5.74) is 2.88. The molecule has 2 aromatic heterocycles. The lowest BCUT2D eigenvalue weighted by atomic mass is 10.3. The van der Waals surface area contributed by atoms with Crippen molar-refractivity contribution < 1.29 is 0 Å². The minimum absolute atomic E-state index is 0.649. The van der Waals surface area contributed by atoms with Crippen molar-refractivity contribution in [3.63, 3.8) is 0 Å². The topological polar surface area (TPSA) is 42.2 Å². The molecule has 0 saturated heterocycles. The fourth-order valence-corrected chi connectivity index (χ4v) is 4.78. The van der Waals surface area contributed by atoms with Crippen LogP contribution in [0.15, 0.2) is 48.7 Å². The van der Waals surface area contributed by atoms with Gasteiger partial charge in [-0.05, 0) is 59.9 Å². The number of rotatable bonds is 3. The number of imidazole rings is 1. The van der Waals surface area contributed by atoms with E-state index in [0.717, 1.165) is 35.0 Å². The van der Waals surface area contributed by atoms with Gasteiger partial charge >= 0.3 is 0 Å². The number of hydrogen-bond acceptors (Lipinski definition) is 3. The number of anilines is 1. The van der Waals surface area contributed by atoms with Crippen molar-refractivity contribution in [2.24, 2.45) is 0 Å². The van der Waals surface area contributed by atoms with E-state index in [4.69, 9.17) is 0 Å². The summed E-state index contributed by atoms with van der Waals surface area (Å²) < 4.78 is 5.77. The maximum atomic E-state index is 4.34. The van der Waals surface area contributed by atoms with E-state index in [1.165, 1.54) is 0 Å². The molecule has 1 aromatic carbocycles. The molecule has 0 aliphatic rings. The molecular weight excluding hydrogens is 532 g/mol. The van der Waals surface area contributed by atoms with Crippen LogP contribution < -0.4 is 5.32 Å². The van der Waals surface area contributed by atoms with Gasteiger partial charge in [0.1, 0.15) is 4.60 Å². The molecule has 108 valence electrons. The fourth-order valence-electron chi connectivity index (χ4n) is 1.94. The van der Waals surface area contributed by atoms with Crippen LogP contribution in [0.25, 0.3) is 5.65 Å². The molecule has 0 fully saturated rings. The second kappa shape index (κ2) is 6.36. The average Bonchev–Trinajstić information content (AvgIpc) is 2.80. The molecule has 2 heterocycles. The largest absolute Gasteiger partial charge is 0.378 e. The zero-order chi connectivity index (χ0) is 15.0.